The van der Waals surface area contributed by atoms with Gasteiger partial charge in [0, 0.05) is 36.2 Å². The standard InChI is InChI=1S/C18H18Cl2N2O3/c19-13-9-14(20)11-15(10-13)25-12-18(24)22-7-5-21(6-8-22)16-3-1-2-4-17(16)23/h1-4,9-11,23H,5-8,12H2. The van der Waals surface area contributed by atoms with E-state index in [1.165, 1.54) is 0 Å². The van der Waals surface area contributed by atoms with Crippen molar-refractivity contribution >= 4 is 34.8 Å². The Bertz CT molecular complexity index is 741. The highest BCUT2D eigenvalue weighted by Crippen LogP contribution is 2.27. The zero-order chi connectivity index (χ0) is 17.8. The number of benzene rings is 2. The average molecular weight is 381 g/mol. The van der Waals surface area contributed by atoms with Crippen LogP contribution in [0.4, 0.5) is 5.69 Å². The molecule has 0 aromatic heterocycles. The Kier molecular flexibility index (Phi) is 5.56. The van der Waals surface area contributed by atoms with Crippen LogP contribution >= 0.6 is 23.2 Å². The number of halogens is 2. The number of ether oxygens (including phenoxy) is 1. The third-order valence-electron chi connectivity index (χ3n) is 4.05. The number of rotatable bonds is 4. The summed E-state index contributed by atoms with van der Waals surface area (Å²) in [6, 6.07) is 12.1. The summed E-state index contributed by atoms with van der Waals surface area (Å²) < 4.78 is 5.50. The fourth-order valence-electron chi connectivity index (χ4n) is 2.78. The van der Waals surface area contributed by atoms with Gasteiger partial charge in [-0.05, 0) is 30.3 Å². The van der Waals surface area contributed by atoms with E-state index < -0.39 is 0 Å². The lowest BCUT2D eigenvalue weighted by atomic mass is 10.2. The summed E-state index contributed by atoms with van der Waals surface area (Å²) >= 11 is 11.8. The Balaban J connectivity index is 1.52. The lowest BCUT2D eigenvalue weighted by Crippen LogP contribution is -2.50. The molecule has 1 fully saturated rings. The largest absolute Gasteiger partial charge is 0.506 e. The highest BCUT2D eigenvalue weighted by Gasteiger charge is 2.22. The molecule has 0 spiro atoms. The van der Waals surface area contributed by atoms with Gasteiger partial charge in [-0.3, -0.25) is 4.79 Å². The molecule has 0 atom stereocenters. The molecular formula is C18H18Cl2N2O3. The number of phenolic OH excluding ortho intramolecular Hbond substituents is 1. The number of hydrogen-bond acceptors (Lipinski definition) is 4. The zero-order valence-electron chi connectivity index (χ0n) is 13.5. The molecule has 25 heavy (non-hydrogen) atoms. The second-order valence-electron chi connectivity index (χ2n) is 5.75. The summed E-state index contributed by atoms with van der Waals surface area (Å²) in [5.74, 6) is 0.634. The van der Waals surface area contributed by atoms with Gasteiger partial charge in [0.25, 0.3) is 5.91 Å². The van der Waals surface area contributed by atoms with Gasteiger partial charge >= 0.3 is 0 Å². The number of phenols is 1. The van der Waals surface area contributed by atoms with Crippen LogP contribution in [-0.4, -0.2) is 48.7 Å². The number of piperazine rings is 1. The Morgan fingerprint density at radius 3 is 2.32 bits per heavy atom. The molecule has 0 saturated carbocycles. The molecule has 7 heteroatoms. The molecule has 1 amide bonds. The van der Waals surface area contributed by atoms with Gasteiger partial charge in [-0.1, -0.05) is 35.3 Å². The predicted molar refractivity (Wildman–Crippen MR) is 98.9 cm³/mol. The van der Waals surface area contributed by atoms with Crippen LogP contribution in [0.1, 0.15) is 0 Å². The topological polar surface area (TPSA) is 53.0 Å². The molecule has 2 aromatic rings. The normalized spacial score (nSPS) is 14.5. The van der Waals surface area contributed by atoms with Crippen molar-refractivity contribution in [3.8, 4) is 11.5 Å². The zero-order valence-corrected chi connectivity index (χ0v) is 15.0. The first-order chi connectivity index (χ1) is 12.0. The van der Waals surface area contributed by atoms with Crippen molar-refractivity contribution in [1.29, 1.82) is 0 Å². The number of carbonyl (C=O) groups is 1. The number of carbonyl (C=O) groups excluding carboxylic acids is 1. The van der Waals surface area contributed by atoms with Gasteiger partial charge in [0.15, 0.2) is 6.61 Å². The first-order valence-electron chi connectivity index (χ1n) is 7.92. The first-order valence-corrected chi connectivity index (χ1v) is 8.68. The SMILES string of the molecule is O=C(COc1cc(Cl)cc(Cl)c1)N1CCN(c2ccccc2O)CC1. The molecule has 1 N–H and O–H groups in total. The summed E-state index contributed by atoms with van der Waals surface area (Å²) in [5, 5.41) is 10.9. The molecule has 0 aliphatic carbocycles. The van der Waals surface area contributed by atoms with Gasteiger partial charge in [0.2, 0.25) is 0 Å². The van der Waals surface area contributed by atoms with Crippen molar-refractivity contribution in [3.05, 3.63) is 52.5 Å². The smallest absolute Gasteiger partial charge is 0.260 e. The number of amides is 1. The van der Waals surface area contributed by atoms with Crippen molar-refractivity contribution in [3.63, 3.8) is 0 Å². The van der Waals surface area contributed by atoms with Crippen LogP contribution in [0.3, 0.4) is 0 Å². The van der Waals surface area contributed by atoms with E-state index in [1.807, 2.05) is 12.1 Å². The molecule has 132 valence electrons. The second-order valence-corrected chi connectivity index (χ2v) is 6.62. The summed E-state index contributed by atoms with van der Waals surface area (Å²) in [6.45, 7) is 2.41. The maximum Gasteiger partial charge on any atom is 0.260 e. The number of para-hydroxylation sites is 2. The molecule has 1 aliphatic heterocycles. The van der Waals surface area contributed by atoms with E-state index in [1.54, 1.807) is 35.2 Å². The first kappa shape index (κ1) is 17.7. The highest BCUT2D eigenvalue weighted by atomic mass is 35.5. The molecule has 0 radical (unpaired) electrons. The van der Waals surface area contributed by atoms with Crippen LogP contribution < -0.4 is 9.64 Å². The number of nitrogens with zero attached hydrogens (tertiary/aromatic N) is 2. The van der Waals surface area contributed by atoms with Gasteiger partial charge in [-0.15, -0.1) is 0 Å². The number of hydrogen-bond donors (Lipinski definition) is 1. The molecule has 5 nitrogen and oxygen atoms in total. The van der Waals surface area contributed by atoms with Crippen molar-refractivity contribution in [2.24, 2.45) is 0 Å². The minimum absolute atomic E-state index is 0.0622. The van der Waals surface area contributed by atoms with Crippen molar-refractivity contribution in [2.75, 3.05) is 37.7 Å². The van der Waals surface area contributed by atoms with Crippen LogP contribution in [0.25, 0.3) is 0 Å². The van der Waals surface area contributed by atoms with E-state index >= 15 is 0 Å². The van der Waals surface area contributed by atoms with Crippen molar-refractivity contribution < 1.29 is 14.6 Å². The molecule has 3 rings (SSSR count). The minimum Gasteiger partial charge on any atom is -0.506 e. The Hall–Kier alpha value is -2.11. The summed E-state index contributed by atoms with van der Waals surface area (Å²) in [4.78, 5) is 16.1. The van der Waals surface area contributed by atoms with Gasteiger partial charge < -0.3 is 19.6 Å². The Morgan fingerprint density at radius 1 is 1.04 bits per heavy atom. The van der Waals surface area contributed by atoms with Crippen LogP contribution in [0, 0.1) is 0 Å². The molecule has 1 heterocycles. The van der Waals surface area contributed by atoms with Gasteiger partial charge in [-0.25, -0.2) is 0 Å². The van der Waals surface area contributed by atoms with E-state index in [2.05, 4.69) is 4.90 Å². The van der Waals surface area contributed by atoms with Gasteiger partial charge in [0.1, 0.15) is 11.5 Å². The summed E-state index contributed by atoms with van der Waals surface area (Å²) in [7, 11) is 0. The lowest BCUT2D eigenvalue weighted by Gasteiger charge is -2.36. The Labute approximate surface area is 156 Å². The van der Waals surface area contributed by atoms with E-state index in [9.17, 15) is 9.90 Å². The lowest BCUT2D eigenvalue weighted by molar-refractivity contribution is -0.133. The third kappa shape index (κ3) is 4.50. The second kappa shape index (κ2) is 7.85. The predicted octanol–water partition coefficient (Wildman–Crippen LogP) is 3.43. The molecular weight excluding hydrogens is 363 g/mol. The molecule has 1 aliphatic rings. The van der Waals surface area contributed by atoms with Gasteiger partial charge in [0.05, 0.1) is 5.69 Å². The van der Waals surface area contributed by atoms with E-state index in [0.717, 1.165) is 5.69 Å². The van der Waals surface area contributed by atoms with Crippen LogP contribution in [-0.2, 0) is 4.79 Å². The van der Waals surface area contributed by atoms with Gasteiger partial charge in [-0.2, -0.15) is 0 Å². The highest BCUT2D eigenvalue weighted by molar-refractivity contribution is 6.34. The third-order valence-corrected chi connectivity index (χ3v) is 4.49. The van der Waals surface area contributed by atoms with Crippen LogP contribution in [0.2, 0.25) is 10.0 Å². The van der Waals surface area contributed by atoms with Crippen molar-refractivity contribution in [1.82, 2.24) is 4.90 Å². The van der Waals surface area contributed by atoms with E-state index in [0.29, 0.717) is 42.0 Å². The molecule has 0 bridgehead atoms. The molecule has 0 unspecified atom stereocenters. The minimum atomic E-state index is -0.0898. The maximum atomic E-state index is 12.3. The number of anilines is 1. The Morgan fingerprint density at radius 2 is 1.68 bits per heavy atom. The van der Waals surface area contributed by atoms with Crippen LogP contribution in [0.15, 0.2) is 42.5 Å². The number of aromatic hydroxyl groups is 1. The van der Waals surface area contributed by atoms with Crippen molar-refractivity contribution in [2.45, 2.75) is 0 Å². The molecule has 1 saturated heterocycles. The maximum absolute atomic E-state index is 12.3. The fourth-order valence-corrected chi connectivity index (χ4v) is 3.28. The summed E-state index contributed by atoms with van der Waals surface area (Å²) in [5.41, 5.74) is 0.791. The molecule has 2 aromatic carbocycles. The van der Waals surface area contributed by atoms with E-state index in [4.69, 9.17) is 27.9 Å². The monoisotopic (exact) mass is 380 g/mol. The van der Waals surface area contributed by atoms with E-state index in [-0.39, 0.29) is 18.3 Å². The quantitative estimate of drug-likeness (QED) is 0.882. The van der Waals surface area contributed by atoms with Crippen LogP contribution in [0.5, 0.6) is 11.5 Å². The average Bonchev–Trinajstić information content (AvgIpc) is 2.59. The fraction of sp³-hybridized carbons (Fsp3) is 0.278. The summed E-state index contributed by atoms with van der Waals surface area (Å²) in [6.07, 6.45) is 0.